The molecule has 0 aliphatic carbocycles. The monoisotopic (exact) mass is 162 g/mol. The molecular weight excluding hydrogens is 156 g/mol. The molecule has 2 rings (SSSR count). The van der Waals surface area contributed by atoms with E-state index in [0.29, 0.717) is 11.5 Å². The van der Waals surface area contributed by atoms with E-state index >= 15 is 0 Å². The highest BCUT2D eigenvalue weighted by Crippen LogP contribution is 2.17. The van der Waals surface area contributed by atoms with E-state index in [9.17, 15) is 0 Å². The van der Waals surface area contributed by atoms with Gasteiger partial charge < -0.3 is 10.2 Å². The number of nitrogen functional groups attached to an aromatic ring is 1. The standard InChI is InChI=1S/C7H6N4O/c8-7-10-3-6(12-7)5-1-2-9-4-11-5/h1-4H,(H2,8,10). The SMILES string of the molecule is Nc1ncc(-c2ccncn2)o1. The average molecular weight is 162 g/mol. The molecule has 2 heterocycles. The maximum atomic E-state index is 5.29. The lowest BCUT2D eigenvalue weighted by molar-refractivity contribution is 0.592. The Hall–Kier alpha value is -1.91. The highest BCUT2D eigenvalue weighted by atomic mass is 16.4. The Bertz CT molecular complexity index is 370. The van der Waals surface area contributed by atoms with Crippen molar-refractivity contribution in [3.63, 3.8) is 0 Å². The largest absolute Gasteiger partial charge is 0.422 e. The van der Waals surface area contributed by atoms with Crippen LogP contribution >= 0.6 is 0 Å². The fourth-order valence-electron chi connectivity index (χ4n) is 0.842. The molecule has 0 bridgehead atoms. The second-order valence-electron chi connectivity index (χ2n) is 2.16. The van der Waals surface area contributed by atoms with E-state index in [0.717, 1.165) is 0 Å². The van der Waals surface area contributed by atoms with Crippen LogP contribution in [0.3, 0.4) is 0 Å². The highest BCUT2D eigenvalue weighted by Gasteiger charge is 2.03. The molecule has 2 aromatic heterocycles. The predicted molar refractivity (Wildman–Crippen MR) is 41.9 cm³/mol. The van der Waals surface area contributed by atoms with Gasteiger partial charge in [0.1, 0.15) is 12.0 Å². The molecule has 0 atom stereocenters. The van der Waals surface area contributed by atoms with Gasteiger partial charge in [0.25, 0.3) is 6.01 Å². The van der Waals surface area contributed by atoms with Crippen molar-refractivity contribution in [3.05, 3.63) is 24.8 Å². The Balaban J connectivity index is 2.45. The van der Waals surface area contributed by atoms with E-state index in [1.807, 2.05) is 0 Å². The zero-order valence-electron chi connectivity index (χ0n) is 6.14. The van der Waals surface area contributed by atoms with Gasteiger partial charge in [-0.25, -0.2) is 15.0 Å². The van der Waals surface area contributed by atoms with Gasteiger partial charge in [-0.1, -0.05) is 0 Å². The van der Waals surface area contributed by atoms with Crippen LogP contribution in [0, 0.1) is 0 Å². The molecule has 0 aromatic carbocycles. The summed E-state index contributed by atoms with van der Waals surface area (Å²) in [6.07, 6.45) is 4.59. The Morgan fingerprint density at radius 3 is 2.83 bits per heavy atom. The summed E-state index contributed by atoms with van der Waals surface area (Å²) in [7, 11) is 0. The number of aromatic nitrogens is 3. The minimum Gasteiger partial charge on any atom is -0.422 e. The van der Waals surface area contributed by atoms with Gasteiger partial charge in [0, 0.05) is 6.20 Å². The minimum absolute atomic E-state index is 0.142. The van der Waals surface area contributed by atoms with Crippen LogP contribution in [0.25, 0.3) is 11.5 Å². The molecule has 60 valence electrons. The van der Waals surface area contributed by atoms with Crippen molar-refractivity contribution in [2.75, 3.05) is 5.73 Å². The molecule has 0 spiro atoms. The van der Waals surface area contributed by atoms with Gasteiger partial charge >= 0.3 is 0 Å². The molecule has 12 heavy (non-hydrogen) atoms. The maximum Gasteiger partial charge on any atom is 0.292 e. The Morgan fingerprint density at radius 1 is 1.33 bits per heavy atom. The molecule has 0 aliphatic heterocycles. The summed E-state index contributed by atoms with van der Waals surface area (Å²) >= 11 is 0. The molecule has 0 aliphatic rings. The second-order valence-corrected chi connectivity index (χ2v) is 2.16. The molecule has 2 N–H and O–H groups in total. The number of nitrogens with zero attached hydrogens (tertiary/aromatic N) is 3. The van der Waals surface area contributed by atoms with Crippen LogP contribution in [0.5, 0.6) is 0 Å². The smallest absolute Gasteiger partial charge is 0.292 e. The summed E-state index contributed by atoms with van der Waals surface area (Å²) in [4.78, 5) is 11.5. The first-order chi connectivity index (χ1) is 5.86. The summed E-state index contributed by atoms with van der Waals surface area (Å²) in [5.74, 6) is 0.551. The molecule has 0 unspecified atom stereocenters. The molecule has 0 fully saturated rings. The molecule has 0 radical (unpaired) electrons. The number of rotatable bonds is 1. The summed E-state index contributed by atoms with van der Waals surface area (Å²) in [6, 6.07) is 1.86. The van der Waals surface area contributed by atoms with Crippen molar-refractivity contribution >= 4 is 6.01 Å². The lowest BCUT2D eigenvalue weighted by atomic mass is 10.3. The molecule has 5 nitrogen and oxygen atoms in total. The molecule has 2 aromatic rings. The predicted octanol–water partition coefficient (Wildman–Crippen LogP) is 0.714. The van der Waals surface area contributed by atoms with Crippen LogP contribution in [0.15, 0.2) is 29.2 Å². The third kappa shape index (κ3) is 1.12. The fourth-order valence-corrected chi connectivity index (χ4v) is 0.842. The summed E-state index contributed by atoms with van der Waals surface area (Å²) < 4.78 is 5.05. The van der Waals surface area contributed by atoms with Gasteiger partial charge in [-0.05, 0) is 6.07 Å². The first-order valence-electron chi connectivity index (χ1n) is 3.34. The van der Waals surface area contributed by atoms with Gasteiger partial charge in [0.15, 0.2) is 5.76 Å². The van der Waals surface area contributed by atoms with Crippen molar-refractivity contribution in [2.24, 2.45) is 0 Å². The highest BCUT2D eigenvalue weighted by molar-refractivity contribution is 5.50. The van der Waals surface area contributed by atoms with E-state index in [4.69, 9.17) is 10.2 Å². The van der Waals surface area contributed by atoms with Crippen LogP contribution in [-0.2, 0) is 0 Å². The Kier molecular flexibility index (Phi) is 1.48. The van der Waals surface area contributed by atoms with E-state index in [1.54, 1.807) is 12.3 Å². The van der Waals surface area contributed by atoms with Gasteiger partial charge in [-0.2, -0.15) is 0 Å². The van der Waals surface area contributed by atoms with Crippen LogP contribution in [0.4, 0.5) is 6.01 Å². The van der Waals surface area contributed by atoms with Gasteiger partial charge in [-0.15, -0.1) is 0 Å². The Morgan fingerprint density at radius 2 is 2.25 bits per heavy atom. The zero-order chi connectivity index (χ0) is 8.39. The number of oxazole rings is 1. The molecule has 0 saturated heterocycles. The van der Waals surface area contributed by atoms with Crippen LogP contribution in [0.1, 0.15) is 0 Å². The molecule has 0 saturated carbocycles. The quantitative estimate of drug-likeness (QED) is 0.668. The lowest BCUT2D eigenvalue weighted by Gasteiger charge is -1.90. The number of anilines is 1. The summed E-state index contributed by atoms with van der Waals surface area (Å²) in [6.45, 7) is 0. The van der Waals surface area contributed by atoms with Crippen molar-refractivity contribution in [3.8, 4) is 11.5 Å². The lowest BCUT2D eigenvalue weighted by Crippen LogP contribution is -1.81. The number of hydrogen-bond donors (Lipinski definition) is 1. The van der Waals surface area contributed by atoms with E-state index in [-0.39, 0.29) is 6.01 Å². The first kappa shape index (κ1) is 6.78. The van der Waals surface area contributed by atoms with E-state index in [2.05, 4.69) is 15.0 Å². The Labute approximate surface area is 68.3 Å². The van der Waals surface area contributed by atoms with Crippen molar-refractivity contribution in [2.45, 2.75) is 0 Å². The van der Waals surface area contributed by atoms with Crippen molar-refractivity contribution in [1.82, 2.24) is 15.0 Å². The van der Waals surface area contributed by atoms with Crippen molar-refractivity contribution in [1.29, 1.82) is 0 Å². The van der Waals surface area contributed by atoms with Gasteiger partial charge in [0.2, 0.25) is 0 Å². The molecular formula is C7H6N4O. The summed E-state index contributed by atoms with van der Waals surface area (Å²) in [5, 5.41) is 0. The topological polar surface area (TPSA) is 77.8 Å². The molecule has 0 amide bonds. The van der Waals surface area contributed by atoms with Gasteiger partial charge in [0.05, 0.1) is 6.20 Å². The third-order valence-corrected chi connectivity index (χ3v) is 1.36. The van der Waals surface area contributed by atoms with E-state index < -0.39 is 0 Å². The van der Waals surface area contributed by atoms with E-state index in [1.165, 1.54) is 12.5 Å². The van der Waals surface area contributed by atoms with Crippen LogP contribution in [-0.4, -0.2) is 15.0 Å². The first-order valence-corrected chi connectivity index (χ1v) is 3.34. The van der Waals surface area contributed by atoms with Crippen LogP contribution < -0.4 is 5.73 Å². The second kappa shape index (κ2) is 2.61. The number of hydrogen-bond acceptors (Lipinski definition) is 5. The number of nitrogens with two attached hydrogens (primary N) is 1. The third-order valence-electron chi connectivity index (χ3n) is 1.36. The maximum absolute atomic E-state index is 5.29. The molecule has 5 heteroatoms. The fraction of sp³-hybridized carbons (Fsp3) is 0. The van der Waals surface area contributed by atoms with Gasteiger partial charge in [-0.3, -0.25) is 0 Å². The summed E-state index contributed by atoms with van der Waals surface area (Å²) in [5.41, 5.74) is 5.97. The normalized spacial score (nSPS) is 10.0. The minimum atomic E-state index is 0.142. The van der Waals surface area contributed by atoms with Crippen molar-refractivity contribution < 1.29 is 4.42 Å². The zero-order valence-corrected chi connectivity index (χ0v) is 6.14. The van der Waals surface area contributed by atoms with Crippen LogP contribution in [0.2, 0.25) is 0 Å². The average Bonchev–Trinajstić information content (AvgIpc) is 2.54.